The summed E-state index contributed by atoms with van der Waals surface area (Å²) in [6.07, 6.45) is 1.58. The first kappa shape index (κ1) is 11.8. The molecular formula is C12H13ClN2O2. The van der Waals surface area contributed by atoms with Gasteiger partial charge in [-0.25, -0.2) is 4.98 Å². The predicted octanol–water partition coefficient (Wildman–Crippen LogP) is 2.67. The van der Waals surface area contributed by atoms with Crippen molar-refractivity contribution in [1.82, 2.24) is 9.55 Å². The second kappa shape index (κ2) is 4.67. The lowest BCUT2D eigenvalue weighted by atomic mass is 10.2. The average Bonchev–Trinajstić information content (AvgIpc) is 2.62. The molecule has 0 unspecified atom stereocenters. The molecule has 0 aliphatic carbocycles. The molecule has 0 saturated carbocycles. The highest BCUT2D eigenvalue weighted by molar-refractivity contribution is 6.29. The van der Waals surface area contributed by atoms with Crippen molar-refractivity contribution in [1.29, 1.82) is 0 Å². The lowest BCUT2D eigenvalue weighted by Gasteiger charge is -2.09. The molecule has 2 rings (SSSR count). The van der Waals surface area contributed by atoms with Crippen LogP contribution in [0.25, 0.3) is 0 Å². The molecule has 1 heterocycles. The second-order valence-electron chi connectivity index (χ2n) is 3.75. The fourth-order valence-electron chi connectivity index (χ4n) is 1.46. The molecule has 0 fully saturated rings. The van der Waals surface area contributed by atoms with Gasteiger partial charge in [-0.1, -0.05) is 17.7 Å². The number of phenols is 1. The van der Waals surface area contributed by atoms with E-state index in [-0.39, 0.29) is 5.75 Å². The Balaban J connectivity index is 2.13. The maximum atomic E-state index is 9.53. The van der Waals surface area contributed by atoms with Crippen molar-refractivity contribution in [3.63, 3.8) is 0 Å². The third-order valence-electron chi connectivity index (χ3n) is 2.64. The van der Waals surface area contributed by atoms with Crippen molar-refractivity contribution < 1.29 is 9.84 Å². The predicted molar refractivity (Wildman–Crippen MR) is 65.4 cm³/mol. The number of ether oxygens (including phenoxy) is 1. The lowest BCUT2D eigenvalue weighted by molar-refractivity contribution is 0.288. The van der Waals surface area contributed by atoms with E-state index in [4.69, 9.17) is 16.3 Å². The minimum absolute atomic E-state index is 0.223. The number of aromatic nitrogens is 2. The van der Waals surface area contributed by atoms with E-state index in [1.165, 1.54) is 0 Å². The van der Waals surface area contributed by atoms with E-state index in [0.717, 1.165) is 5.82 Å². The molecule has 0 bridgehead atoms. The van der Waals surface area contributed by atoms with Crippen LogP contribution in [-0.2, 0) is 13.7 Å². The third-order valence-corrected chi connectivity index (χ3v) is 2.99. The van der Waals surface area contributed by atoms with Gasteiger partial charge in [0.05, 0.1) is 6.20 Å². The van der Waals surface area contributed by atoms with Crippen molar-refractivity contribution in [3.05, 3.63) is 40.9 Å². The van der Waals surface area contributed by atoms with E-state index in [0.29, 0.717) is 23.1 Å². The molecule has 0 aliphatic heterocycles. The van der Waals surface area contributed by atoms with Gasteiger partial charge in [0.15, 0.2) is 0 Å². The average molecular weight is 253 g/mol. The highest BCUT2D eigenvalue weighted by atomic mass is 35.5. The molecule has 0 atom stereocenters. The Bertz CT molecular complexity index is 537. The summed E-state index contributed by atoms with van der Waals surface area (Å²) in [6, 6.07) is 5.17. The Kier molecular flexibility index (Phi) is 3.24. The molecule has 1 N–H and O–H groups in total. The van der Waals surface area contributed by atoms with Crippen LogP contribution in [0.15, 0.2) is 24.4 Å². The maximum Gasteiger partial charge on any atom is 0.147 e. The highest BCUT2D eigenvalue weighted by Gasteiger charge is 2.07. The van der Waals surface area contributed by atoms with Gasteiger partial charge in [-0.2, -0.15) is 0 Å². The van der Waals surface area contributed by atoms with E-state index >= 15 is 0 Å². The van der Waals surface area contributed by atoms with E-state index in [1.54, 1.807) is 35.9 Å². The monoisotopic (exact) mass is 252 g/mol. The van der Waals surface area contributed by atoms with E-state index in [1.807, 2.05) is 7.05 Å². The zero-order valence-corrected chi connectivity index (χ0v) is 10.4. The van der Waals surface area contributed by atoms with Crippen LogP contribution in [-0.4, -0.2) is 14.7 Å². The number of halogens is 1. The van der Waals surface area contributed by atoms with Gasteiger partial charge in [0.25, 0.3) is 0 Å². The molecule has 2 aromatic rings. The van der Waals surface area contributed by atoms with Crippen molar-refractivity contribution >= 4 is 11.6 Å². The van der Waals surface area contributed by atoms with Crippen LogP contribution in [0, 0.1) is 6.92 Å². The Morgan fingerprint density at radius 1 is 1.47 bits per heavy atom. The van der Waals surface area contributed by atoms with Crippen molar-refractivity contribution in [2.75, 3.05) is 0 Å². The molecule has 0 spiro atoms. The van der Waals surface area contributed by atoms with E-state index < -0.39 is 0 Å². The van der Waals surface area contributed by atoms with Crippen LogP contribution in [0.2, 0.25) is 5.15 Å². The summed E-state index contributed by atoms with van der Waals surface area (Å²) < 4.78 is 7.35. The number of imidazole rings is 1. The van der Waals surface area contributed by atoms with Crippen LogP contribution in [0.3, 0.4) is 0 Å². The van der Waals surface area contributed by atoms with Crippen molar-refractivity contribution in [2.24, 2.45) is 7.05 Å². The molecule has 0 aliphatic rings. The molecule has 1 aromatic heterocycles. The van der Waals surface area contributed by atoms with E-state index in [9.17, 15) is 5.11 Å². The van der Waals surface area contributed by atoms with Crippen LogP contribution in [0.5, 0.6) is 11.5 Å². The standard InChI is InChI=1S/C12H13ClN2O2/c1-8-9(16)4-3-5-10(8)17-7-12-14-6-11(13)15(12)2/h3-6,16H,7H2,1-2H3. The normalized spacial score (nSPS) is 10.5. The molecule has 0 radical (unpaired) electrons. The quantitative estimate of drug-likeness (QED) is 0.914. The fourth-order valence-corrected chi connectivity index (χ4v) is 1.61. The van der Waals surface area contributed by atoms with Crippen LogP contribution in [0.4, 0.5) is 0 Å². The smallest absolute Gasteiger partial charge is 0.147 e. The summed E-state index contributed by atoms with van der Waals surface area (Å²) in [5, 5.41) is 10.1. The number of hydrogen-bond donors (Lipinski definition) is 1. The van der Waals surface area contributed by atoms with E-state index in [2.05, 4.69) is 4.98 Å². The number of nitrogens with zero attached hydrogens (tertiary/aromatic N) is 2. The van der Waals surface area contributed by atoms with Crippen LogP contribution in [0.1, 0.15) is 11.4 Å². The zero-order valence-electron chi connectivity index (χ0n) is 9.64. The largest absolute Gasteiger partial charge is 0.508 e. The molecule has 4 nitrogen and oxygen atoms in total. The highest BCUT2D eigenvalue weighted by Crippen LogP contribution is 2.26. The van der Waals surface area contributed by atoms with Gasteiger partial charge >= 0.3 is 0 Å². The van der Waals surface area contributed by atoms with Gasteiger partial charge in [-0.05, 0) is 19.1 Å². The van der Waals surface area contributed by atoms with Crippen LogP contribution >= 0.6 is 11.6 Å². The lowest BCUT2D eigenvalue weighted by Crippen LogP contribution is -2.04. The number of rotatable bonds is 3. The minimum atomic E-state index is 0.223. The Morgan fingerprint density at radius 2 is 2.24 bits per heavy atom. The number of benzene rings is 1. The van der Waals surface area contributed by atoms with Crippen LogP contribution < -0.4 is 4.74 Å². The van der Waals surface area contributed by atoms with Gasteiger partial charge in [-0.3, -0.25) is 0 Å². The molecule has 0 amide bonds. The van der Waals surface area contributed by atoms with Gasteiger partial charge < -0.3 is 14.4 Å². The first-order chi connectivity index (χ1) is 8.09. The molecule has 1 aromatic carbocycles. The maximum absolute atomic E-state index is 9.53. The second-order valence-corrected chi connectivity index (χ2v) is 4.13. The Hall–Kier alpha value is -1.68. The SMILES string of the molecule is Cc1c(O)cccc1OCc1ncc(Cl)n1C. The van der Waals surface area contributed by atoms with Crippen molar-refractivity contribution in [3.8, 4) is 11.5 Å². The third kappa shape index (κ3) is 2.36. The molecule has 90 valence electrons. The zero-order chi connectivity index (χ0) is 12.4. The Morgan fingerprint density at radius 3 is 2.88 bits per heavy atom. The van der Waals surface area contributed by atoms with Gasteiger partial charge in [0.2, 0.25) is 0 Å². The number of aromatic hydroxyl groups is 1. The number of hydrogen-bond acceptors (Lipinski definition) is 3. The van der Waals surface area contributed by atoms with Gasteiger partial charge in [-0.15, -0.1) is 0 Å². The summed E-state index contributed by atoms with van der Waals surface area (Å²) in [4.78, 5) is 4.13. The molecular weight excluding hydrogens is 240 g/mol. The van der Waals surface area contributed by atoms with Gasteiger partial charge in [0, 0.05) is 12.6 Å². The summed E-state index contributed by atoms with van der Waals surface area (Å²) in [5.41, 5.74) is 0.716. The molecule has 5 heteroatoms. The van der Waals surface area contributed by atoms with Crippen molar-refractivity contribution in [2.45, 2.75) is 13.5 Å². The molecule has 0 saturated heterocycles. The number of phenolic OH excluding ortho intramolecular Hbond substituents is 1. The first-order valence-corrected chi connectivity index (χ1v) is 5.55. The first-order valence-electron chi connectivity index (χ1n) is 5.17. The fraction of sp³-hybridized carbons (Fsp3) is 0.250. The summed E-state index contributed by atoms with van der Waals surface area (Å²) in [5.74, 6) is 1.60. The summed E-state index contributed by atoms with van der Waals surface area (Å²) >= 11 is 5.87. The summed E-state index contributed by atoms with van der Waals surface area (Å²) in [7, 11) is 1.82. The van der Waals surface area contributed by atoms with Gasteiger partial charge in [0.1, 0.15) is 29.1 Å². The molecule has 17 heavy (non-hydrogen) atoms. The Labute approximate surface area is 104 Å². The topological polar surface area (TPSA) is 47.3 Å². The summed E-state index contributed by atoms with van der Waals surface area (Å²) in [6.45, 7) is 2.11. The minimum Gasteiger partial charge on any atom is -0.508 e.